The first kappa shape index (κ1) is 10.5. The largest absolute Gasteiger partial charge is 0.389 e. The van der Waals surface area contributed by atoms with Gasteiger partial charge in [-0.3, -0.25) is 0 Å². The summed E-state index contributed by atoms with van der Waals surface area (Å²) in [6.07, 6.45) is 1.10. The molecule has 1 heterocycles. The quantitative estimate of drug-likeness (QED) is 0.808. The molecule has 1 unspecified atom stereocenters. The van der Waals surface area contributed by atoms with E-state index >= 15 is 0 Å². The number of aromatic nitrogens is 1. The summed E-state index contributed by atoms with van der Waals surface area (Å²) in [7, 11) is 0. The Morgan fingerprint density at radius 2 is 2.00 bits per heavy atom. The van der Waals surface area contributed by atoms with Crippen LogP contribution in [0.5, 0.6) is 0 Å². The van der Waals surface area contributed by atoms with Gasteiger partial charge in [0.25, 0.3) is 0 Å². The summed E-state index contributed by atoms with van der Waals surface area (Å²) in [4.78, 5) is 4.57. The molecule has 0 aliphatic rings. The standard InChI is InChI=1S/C10H18N2S/c1-5-7(4)8-9(11)13-10(12-8)6(2)3/h6-7H,5,11H2,1-4H3. The zero-order valence-electron chi connectivity index (χ0n) is 8.79. The first-order chi connectivity index (χ1) is 6.06. The Labute approximate surface area is 84.2 Å². The van der Waals surface area contributed by atoms with Gasteiger partial charge in [-0.05, 0) is 6.42 Å². The molecule has 1 atom stereocenters. The van der Waals surface area contributed by atoms with E-state index in [4.69, 9.17) is 5.73 Å². The molecule has 13 heavy (non-hydrogen) atoms. The van der Waals surface area contributed by atoms with Crippen molar-refractivity contribution < 1.29 is 0 Å². The van der Waals surface area contributed by atoms with Crippen molar-refractivity contribution in [2.24, 2.45) is 0 Å². The number of rotatable bonds is 3. The molecule has 0 spiro atoms. The molecule has 74 valence electrons. The fraction of sp³-hybridized carbons (Fsp3) is 0.700. The molecule has 0 amide bonds. The zero-order chi connectivity index (χ0) is 10.0. The van der Waals surface area contributed by atoms with E-state index in [1.807, 2.05) is 0 Å². The van der Waals surface area contributed by atoms with E-state index in [0.717, 1.165) is 22.1 Å². The lowest BCUT2D eigenvalue weighted by Gasteiger charge is -2.04. The van der Waals surface area contributed by atoms with E-state index in [0.29, 0.717) is 11.8 Å². The van der Waals surface area contributed by atoms with Gasteiger partial charge in [0.05, 0.1) is 10.7 Å². The van der Waals surface area contributed by atoms with Gasteiger partial charge in [-0.25, -0.2) is 4.98 Å². The topological polar surface area (TPSA) is 38.9 Å². The van der Waals surface area contributed by atoms with Crippen LogP contribution in [0, 0.1) is 0 Å². The van der Waals surface area contributed by atoms with Crippen molar-refractivity contribution in [1.82, 2.24) is 4.98 Å². The maximum Gasteiger partial charge on any atom is 0.110 e. The van der Waals surface area contributed by atoms with Crippen LogP contribution in [-0.4, -0.2) is 4.98 Å². The Balaban J connectivity index is 2.96. The molecular weight excluding hydrogens is 180 g/mol. The van der Waals surface area contributed by atoms with Crippen molar-refractivity contribution >= 4 is 16.3 Å². The number of nitrogens with zero attached hydrogens (tertiary/aromatic N) is 1. The third-order valence-electron chi connectivity index (χ3n) is 2.27. The van der Waals surface area contributed by atoms with Crippen molar-refractivity contribution in [3.05, 3.63) is 10.7 Å². The molecule has 0 saturated heterocycles. The maximum atomic E-state index is 5.91. The average molecular weight is 198 g/mol. The van der Waals surface area contributed by atoms with E-state index in [1.54, 1.807) is 11.3 Å². The van der Waals surface area contributed by atoms with Crippen LogP contribution in [0.1, 0.15) is 56.7 Å². The third kappa shape index (κ3) is 2.21. The Bertz CT molecular complexity index is 278. The highest BCUT2D eigenvalue weighted by Crippen LogP contribution is 2.32. The van der Waals surface area contributed by atoms with Crippen LogP contribution in [0.25, 0.3) is 0 Å². The number of nitrogen functional groups attached to an aromatic ring is 1. The highest BCUT2D eigenvalue weighted by molar-refractivity contribution is 7.15. The second kappa shape index (κ2) is 4.09. The molecule has 0 aliphatic carbocycles. The highest BCUT2D eigenvalue weighted by atomic mass is 32.1. The summed E-state index contributed by atoms with van der Waals surface area (Å²) in [6.45, 7) is 8.64. The molecule has 1 rings (SSSR count). The fourth-order valence-electron chi connectivity index (χ4n) is 1.15. The van der Waals surface area contributed by atoms with Crippen LogP contribution < -0.4 is 5.73 Å². The van der Waals surface area contributed by atoms with Crippen molar-refractivity contribution in [2.45, 2.75) is 46.0 Å². The van der Waals surface area contributed by atoms with Gasteiger partial charge in [-0.1, -0.05) is 27.7 Å². The minimum atomic E-state index is 0.490. The van der Waals surface area contributed by atoms with Gasteiger partial charge in [-0.2, -0.15) is 0 Å². The monoisotopic (exact) mass is 198 g/mol. The molecule has 2 N–H and O–H groups in total. The fourth-order valence-corrected chi connectivity index (χ4v) is 2.11. The Morgan fingerprint density at radius 1 is 1.38 bits per heavy atom. The Morgan fingerprint density at radius 3 is 2.38 bits per heavy atom. The van der Waals surface area contributed by atoms with E-state index in [9.17, 15) is 0 Å². The van der Waals surface area contributed by atoms with Crippen LogP contribution >= 0.6 is 11.3 Å². The minimum Gasteiger partial charge on any atom is -0.389 e. The predicted octanol–water partition coefficient (Wildman–Crippen LogP) is 3.36. The summed E-state index contributed by atoms with van der Waals surface area (Å²) in [5.41, 5.74) is 7.01. The molecule has 0 fully saturated rings. The molecule has 0 saturated carbocycles. The van der Waals surface area contributed by atoms with Gasteiger partial charge in [0, 0.05) is 11.8 Å². The van der Waals surface area contributed by atoms with Gasteiger partial charge < -0.3 is 5.73 Å². The first-order valence-corrected chi connectivity index (χ1v) is 5.64. The Hall–Kier alpha value is -0.570. The summed E-state index contributed by atoms with van der Waals surface area (Å²) < 4.78 is 0. The summed E-state index contributed by atoms with van der Waals surface area (Å²) in [5.74, 6) is 0.980. The van der Waals surface area contributed by atoms with Crippen LogP contribution in [-0.2, 0) is 0 Å². The van der Waals surface area contributed by atoms with Crippen molar-refractivity contribution in [3.63, 3.8) is 0 Å². The lowest BCUT2D eigenvalue weighted by atomic mass is 10.1. The van der Waals surface area contributed by atoms with E-state index in [1.165, 1.54) is 0 Å². The van der Waals surface area contributed by atoms with Crippen molar-refractivity contribution in [3.8, 4) is 0 Å². The van der Waals surface area contributed by atoms with E-state index < -0.39 is 0 Å². The predicted molar refractivity (Wildman–Crippen MR) is 59.3 cm³/mol. The van der Waals surface area contributed by atoms with Crippen molar-refractivity contribution in [1.29, 1.82) is 0 Å². The van der Waals surface area contributed by atoms with Gasteiger partial charge in [0.2, 0.25) is 0 Å². The smallest absolute Gasteiger partial charge is 0.110 e. The normalized spacial score (nSPS) is 13.6. The molecular formula is C10H18N2S. The summed E-state index contributed by atoms with van der Waals surface area (Å²) in [5, 5.41) is 2.06. The van der Waals surface area contributed by atoms with E-state index in [-0.39, 0.29) is 0 Å². The van der Waals surface area contributed by atoms with Crippen molar-refractivity contribution in [2.75, 3.05) is 5.73 Å². The molecule has 1 aromatic heterocycles. The first-order valence-electron chi connectivity index (χ1n) is 4.82. The number of nitrogens with two attached hydrogens (primary N) is 1. The van der Waals surface area contributed by atoms with Crippen LogP contribution in [0.4, 0.5) is 5.00 Å². The zero-order valence-corrected chi connectivity index (χ0v) is 9.61. The van der Waals surface area contributed by atoms with Gasteiger partial charge in [0.1, 0.15) is 5.00 Å². The van der Waals surface area contributed by atoms with Crippen LogP contribution in [0.3, 0.4) is 0 Å². The second-order valence-corrected chi connectivity index (χ2v) is 4.83. The number of hydrogen-bond donors (Lipinski definition) is 1. The Kier molecular flexibility index (Phi) is 3.31. The molecule has 2 nitrogen and oxygen atoms in total. The molecule has 0 radical (unpaired) electrons. The van der Waals surface area contributed by atoms with Gasteiger partial charge in [-0.15, -0.1) is 11.3 Å². The second-order valence-electron chi connectivity index (χ2n) is 3.77. The lowest BCUT2D eigenvalue weighted by Crippen LogP contribution is -1.96. The number of anilines is 1. The van der Waals surface area contributed by atoms with Crippen LogP contribution in [0.15, 0.2) is 0 Å². The lowest BCUT2D eigenvalue weighted by molar-refractivity contribution is 0.706. The highest BCUT2D eigenvalue weighted by Gasteiger charge is 2.14. The van der Waals surface area contributed by atoms with Crippen LogP contribution in [0.2, 0.25) is 0 Å². The molecule has 0 aliphatic heterocycles. The van der Waals surface area contributed by atoms with Gasteiger partial charge in [0.15, 0.2) is 0 Å². The SMILES string of the molecule is CCC(C)c1nc(C(C)C)sc1N. The van der Waals surface area contributed by atoms with Gasteiger partial charge >= 0.3 is 0 Å². The number of hydrogen-bond acceptors (Lipinski definition) is 3. The third-order valence-corrected chi connectivity index (χ3v) is 3.47. The molecule has 0 bridgehead atoms. The average Bonchev–Trinajstić information content (AvgIpc) is 2.46. The number of thiazole rings is 1. The molecule has 3 heteroatoms. The molecule has 1 aromatic rings. The maximum absolute atomic E-state index is 5.91. The van der Waals surface area contributed by atoms with E-state index in [2.05, 4.69) is 32.7 Å². The summed E-state index contributed by atoms with van der Waals surface area (Å²) in [6, 6.07) is 0. The molecule has 0 aromatic carbocycles. The summed E-state index contributed by atoms with van der Waals surface area (Å²) >= 11 is 1.63. The minimum absolute atomic E-state index is 0.490.